The van der Waals surface area contributed by atoms with E-state index in [9.17, 15) is 4.79 Å². The van der Waals surface area contributed by atoms with Gasteiger partial charge >= 0.3 is 5.97 Å². The smallest absolute Gasteiger partial charge is 0.372 e. The number of carbonyl (C=O) groups is 1. The maximum atomic E-state index is 12.0. The fourth-order valence-electron chi connectivity index (χ4n) is 1.83. The number of rotatable bonds is 6. The van der Waals surface area contributed by atoms with Crippen LogP contribution in [-0.2, 0) is 9.53 Å². The summed E-state index contributed by atoms with van der Waals surface area (Å²) in [6, 6.07) is 16.0. The van der Waals surface area contributed by atoms with E-state index in [2.05, 4.69) is 16.4 Å². The average Bonchev–Trinajstić information content (AvgIpc) is 2.64. The van der Waals surface area contributed by atoms with Crippen LogP contribution in [0.3, 0.4) is 0 Å². The number of esters is 1. The minimum absolute atomic E-state index is 0.359. The largest absolute Gasteiger partial charge is 0.497 e. The first-order chi connectivity index (χ1) is 11.6. The predicted octanol–water partition coefficient (Wildman–Crippen LogP) is 3.58. The third-order valence-electron chi connectivity index (χ3n) is 3.00. The van der Waals surface area contributed by atoms with Gasteiger partial charge in [-0.3, -0.25) is 5.43 Å². The summed E-state index contributed by atoms with van der Waals surface area (Å²) in [5, 5.41) is 3.41. The maximum absolute atomic E-state index is 12.0. The molecule has 0 saturated heterocycles. The molecule has 5 nitrogen and oxygen atoms in total. The van der Waals surface area contributed by atoms with Gasteiger partial charge in [0.15, 0.2) is 6.10 Å². The highest BCUT2D eigenvalue weighted by Crippen LogP contribution is 2.22. The van der Waals surface area contributed by atoms with Crippen molar-refractivity contribution in [2.75, 3.05) is 12.5 Å². The van der Waals surface area contributed by atoms with Gasteiger partial charge in [0, 0.05) is 5.56 Å². The second-order valence-electron chi connectivity index (χ2n) is 4.61. The number of nitrogens with one attached hydrogen (secondary N) is 1. The summed E-state index contributed by atoms with van der Waals surface area (Å²) < 4.78 is 10.3. The molecule has 1 N–H and O–H groups in total. The number of methoxy groups -OCH3 is 1. The van der Waals surface area contributed by atoms with Crippen molar-refractivity contribution in [3.05, 3.63) is 60.2 Å². The van der Waals surface area contributed by atoms with Gasteiger partial charge in [-0.25, -0.2) is 4.79 Å². The number of benzene rings is 2. The first-order valence-corrected chi connectivity index (χ1v) is 7.37. The summed E-state index contributed by atoms with van der Waals surface area (Å²) in [5.41, 5.74) is 3.95. The van der Waals surface area contributed by atoms with Gasteiger partial charge in [-0.05, 0) is 24.3 Å². The van der Waals surface area contributed by atoms with Crippen LogP contribution < -0.4 is 10.2 Å². The molecule has 0 aliphatic heterocycles. The summed E-state index contributed by atoms with van der Waals surface area (Å²) >= 11 is 5.85. The standard InChI is InChI=1S/C18H15ClN2O3/c1-3-16(13-8-7-11-15(12-13)23-2)24-18(22)17(19)21-20-14-9-5-4-6-10-14/h1,4-12,16,20H,2H3/b21-17+. The van der Waals surface area contributed by atoms with Gasteiger partial charge in [0.05, 0.1) is 12.8 Å². The Balaban J connectivity index is 2.04. The fourth-order valence-corrected chi connectivity index (χ4v) is 1.92. The number of hydrazone groups is 1. The Hall–Kier alpha value is -2.97. The number of halogens is 1. The summed E-state index contributed by atoms with van der Waals surface area (Å²) in [4.78, 5) is 12.0. The highest BCUT2D eigenvalue weighted by atomic mass is 35.5. The van der Waals surface area contributed by atoms with Crippen molar-refractivity contribution in [1.29, 1.82) is 0 Å². The van der Waals surface area contributed by atoms with Crippen molar-refractivity contribution < 1.29 is 14.3 Å². The van der Waals surface area contributed by atoms with E-state index in [1.165, 1.54) is 7.11 Å². The number of anilines is 1. The molecule has 0 radical (unpaired) electrons. The van der Waals surface area contributed by atoms with Gasteiger partial charge in [0.2, 0.25) is 5.17 Å². The van der Waals surface area contributed by atoms with Crippen molar-refractivity contribution in [1.82, 2.24) is 0 Å². The number of terminal acetylenes is 1. The highest BCUT2D eigenvalue weighted by Gasteiger charge is 2.18. The molecule has 24 heavy (non-hydrogen) atoms. The van der Waals surface area contributed by atoms with Crippen molar-refractivity contribution >= 4 is 28.4 Å². The zero-order valence-electron chi connectivity index (χ0n) is 12.9. The van der Waals surface area contributed by atoms with Crippen LogP contribution >= 0.6 is 11.6 Å². The van der Waals surface area contributed by atoms with Gasteiger partial charge in [-0.1, -0.05) is 47.9 Å². The zero-order chi connectivity index (χ0) is 17.4. The third-order valence-corrected chi connectivity index (χ3v) is 3.24. The topological polar surface area (TPSA) is 59.9 Å². The van der Waals surface area contributed by atoms with Crippen LogP contribution in [-0.4, -0.2) is 18.2 Å². The molecule has 1 unspecified atom stereocenters. The summed E-state index contributed by atoms with van der Waals surface area (Å²) in [7, 11) is 1.54. The monoisotopic (exact) mass is 342 g/mol. The first-order valence-electron chi connectivity index (χ1n) is 6.99. The molecular weight excluding hydrogens is 328 g/mol. The lowest BCUT2D eigenvalue weighted by Crippen LogP contribution is -2.17. The van der Waals surface area contributed by atoms with Crippen LogP contribution in [0.2, 0.25) is 0 Å². The molecule has 2 aromatic rings. The number of nitrogens with zero attached hydrogens (tertiary/aromatic N) is 1. The molecule has 0 saturated carbocycles. The second kappa shape index (κ2) is 8.61. The highest BCUT2D eigenvalue weighted by molar-refractivity contribution is 6.82. The van der Waals surface area contributed by atoms with Crippen LogP contribution in [0.5, 0.6) is 5.75 Å². The average molecular weight is 343 g/mol. The molecule has 0 aliphatic carbocycles. The Morgan fingerprint density at radius 3 is 2.67 bits per heavy atom. The third kappa shape index (κ3) is 4.77. The van der Waals surface area contributed by atoms with E-state index < -0.39 is 12.1 Å². The van der Waals surface area contributed by atoms with Gasteiger partial charge in [-0.2, -0.15) is 5.10 Å². The Kier molecular flexibility index (Phi) is 6.23. The Bertz CT molecular complexity index is 769. The molecule has 0 bridgehead atoms. The molecule has 2 rings (SSSR count). The van der Waals surface area contributed by atoms with Crippen LogP contribution in [0.15, 0.2) is 59.7 Å². The SMILES string of the molecule is C#CC(OC(=O)/C(Cl)=N\Nc1ccccc1)c1cccc(OC)c1. The van der Waals surface area contributed by atoms with E-state index in [4.69, 9.17) is 27.5 Å². The normalized spacial score (nSPS) is 12.0. The van der Waals surface area contributed by atoms with Crippen molar-refractivity contribution in [2.24, 2.45) is 5.10 Å². The van der Waals surface area contributed by atoms with E-state index in [0.29, 0.717) is 17.0 Å². The summed E-state index contributed by atoms with van der Waals surface area (Å²) in [6.07, 6.45) is 4.55. The Morgan fingerprint density at radius 1 is 1.25 bits per heavy atom. The quantitative estimate of drug-likeness (QED) is 0.377. The van der Waals surface area contributed by atoms with Gasteiger partial charge in [0.25, 0.3) is 0 Å². The first kappa shape index (κ1) is 17.4. The van der Waals surface area contributed by atoms with Crippen molar-refractivity contribution in [2.45, 2.75) is 6.10 Å². The van der Waals surface area contributed by atoms with Crippen molar-refractivity contribution in [3.8, 4) is 18.1 Å². The number of hydrogen-bond acceptors (Lipinski definition) is 5. The molecule has 0 spiro atoms. The lowest BCUT2D eigenvalue weighted by atomic mass is 10.1. The minimum atomic E-state index is -0.895. The van der Waals surface area contributed by atoms with E-state index in [-0.39, 0.29) is 5.17 Å². The van der Waals surface area contributed by atoms with E-state index in [1.54, 1.807) is 36.4 Å². The molecule has 2 aromatic carbocycles. The summed E-state index contributed by atoms with van der Waals surface area (Å²) in [6.45, 7) is 0. The summed E-state index contributed by atoms with van der Waals surface area (Å²) in [5.74, 6) is 2.17. The van der Waals surface area contributed by atoms with E-state index in [1.807, 2.05) is 18.2 Å². The molecule has 0 heterocycles. The molecule has 0 fully saturated rings. The van der Waals surface area contributed by atoms with Gasteiger partial charge in [0.1, 0.15) is 5.75 Å². The Morgan fingerprint density at radius 2 is 2.00 bits per heavy atom. The number of para-hydroxylation sites is 1. The Labute approximate surface area is 145 Å². The molecule has 0 aliphatic rings. The number of hydrogen-bond donors (Lipinski definition) is 1. The van der Waals surface area contributed by atoms with E-state index >= 15 is 0 Å². The molecule has 1 atom stereocenters. The maximum Gasteiger partial charge on any atom is 0.372 e. The van der Waals surface area contributed by atoms with Crippen LogP contribution in [0, 0.1) is 12.3 Å². The van der Waals surface area contributed by atoms with Crippen LogP contribution in [0.4, 0.5) is 5.69 Å². The lowest BCUT2D eigenvalue weighted by Gasteiger charge is -2.13. The molecule has 6 heteroatoms. The minimum Gasteiger partial charge on any atom is -0.497 e. The predicted molar refractivity (Wildman–Crippen MR) is 94.0 cm³/mol. The number of carbonyl (C=O) groups excluding carboxylic acids is 1. The van der Waals surface area contributed by atoms with E-state index in [0.717, 1.165) is 0 Å². The molecule has 0 aromatic heterocycles. The van der Waals surface area contributed by atoms with Crippen LogP contribution in [0.25, 0.3) is 0 Å². The molecule has 0 amide bonds. The molecular formula is C18H15ClN2O3. The number of ether oxygens (including phenoxy) is 2. The lowest BCUT2D eigenvalue weighted by molar-refractivity contribution is -0.138. The van der Waals surface area contributed by atoms with Gasteiger partial charge in [-0.15, -0.1) is 6.42 Å². The van der Waals surface area contributed by atoms with Crippen molar-refractivity contribution in [3.63, 3.8) is 0 Å². The van der Waals surface area contributed by atoms with Crippen LogP contribution in [0.1, 0.15) is 11.7 Å². The second-order valence-corrected chi connectivity index (χ2v) is 4.97. The zero-order valence-corrected chi connectivity index (χ0v) is 13.7. The van der Waals surface area contributed by atoms with Gasteiger partial charge < -0.3 is 9.47 Å². The fraction of sp³-hybridized carbons (Fsp3) is 0.111. The molecule has 122 valence electrons.